The Morgan fingerprint density at radius 3 is 0.433 bits per heavy atom. The summed E-state index contributed by atoms with van der Waals surface area (Å²) in [7, 11) is 17.9. The number of ether oxygens (including phenoxy) is 8. The van der Waals surface area contributed by atoms with Crippen molar-refractivity contribution in [2.24, 2.45) is 0 Å². The molecule has 0 radical (unpaired) electrons. The SMILES string of the molecule is CN1C(C)(C)CC(Oc2nc(OC3CC(C)(C)N(C)C(C)(C)C3)nc(N(CCN(CCN(c3nc(OC4CC(C)(C)N(C)C(C)(C)C4)nc(OC4CC(C)(C)N(C)C(C)(C)C4)n3)C3CC(C)(C)NC(C)(C)C3)c3nc(OC4CC(C)(C)N(C)C(C)(C)C4)nc(OC4CC(C)(C)N(C)C(C)(C)C4)n3)CCN(c3nc(OC4CC(C)(C)N(C)C(C)(C)C4)nc(OC4CC(C)(C)N(C)C(C)(C)C4)n3)C3CC(C)(C)NC(C)(C)C3)n2)CC1(C)C. The van der Waals surface area contributed by atoms with E-state index in [4.69, 9.17) is 97.7 Å². The highest BCUT2D eigenvalue weighted by molar-refractivity contribution is 5.43. The Morgan fingerprint density at radius 2 is 0.300 bits per heavy atom. The van der Waals surface area contributed by atoms with Gasteiger partial charge in [-0.1, -0.05) is 0 Å². The van der Waals surface area contributed by atoms with Crippen LogP contribution in [0.3, 0.4) is 0 Å². The molecule has 14 heterocycles. The molecule has 0 bridgehead atoms. The van der Waals surface area contributed by atoms with Gasteiger partial charge in [-0.15, -0.1) is 19.9 Å². The molecule has 0 aliphatic carbocycles. The number of nitrogens with one attached hydrogen (secondary N) is 2. The quantitative estimate of drug-likeness (QED) is 0.0473. The van der Waals surface area contributed by atoms with Gasteiger partial charge in [0.15, 0.2) is 0 Å². The molecule has 0 unspecified atom stereocenters. The van der Waals surface area contributed by atoms with E-state index >= 15 is 0 Å². The van der Waals surface area contributed by atoms with E-state index in [9.17, 15) is 0 Å². The first-order chi connectivity index (χ1) is 68.2. The van der Waals surface area contributed by atoms with E-state index < -0.39 is 0 Å². The summed E-state index contributed by atoms with van der Waals surface area (Å²) in [4.78, 5) is 96.3. The molecular weight excluding hydrogens is 1890 g/mol. The van der Waals surface area contributed by atoms with E-state index in [2.05, 4.69) is 403 Å². The number of likely N-dealkylation sites (tertiary alicyclic amines) is 8. The molecule has 4 aromatic rings. The van der Waals surface area contributed by atoms with Gasteiger partial charge in [0, 0.05) is 265 Å². The van der Waals surface area contributed by atoms with Gasteiger partial charge in [0.1, 0.15) is 48.8 Å². The molecule has 0 amide bonds. The number of aromatic nitrogens is 12. The molecule has 14 rings (SSSR count). The molecule has 0 saturated carbocycles. The van der Waals surface area contributed by atoms with E-state index in [-0.39, 0.29) is 233 Å². The minimum atomic E-state index is -0.358. The summed E-state index contributed by atoms with van der Waals surface area (Å²) in [6.45, 7) is 94.2. The highest BCUT2D eigenvalue weighted by Crippen LogP contribution is 2.50. The van der Waals surface area contributed by atoms with Crippen molar-refractivity contribution in [3.05, 3.63) is 0 Å². The predicted octanol–water partition coefficient (Wildman–Crippen LogP) is 18.6. The summed E-state index contributed by atoms with van der Waals surface area (Å²) in [5.41, 5.74) is -5.21. The summed E-state index contributed by atoms with van der Waals surface area (Å²) in [6.07, 6.45) is 12.5. The minimum absolute atomic E-state index is 0.165. The standard InChI is InChI=1S/C116H208N26O8/c1-97(2)55-75(56-98(3,4)129-97)141(87-121-93(147-81-67-109(25,26)135(45)110(27,28)68-81)127-94(122-87)148-82-69-111(29,30)136(46)112(31,32)70-82)53-51-139(85-117-89(143-77-59-101(9,10)131(41)102(11,12)60-77)125-90(118-85)144-78-61-103(13,14)132(42)104(15,16)62-78)49-50-140(86-119-91(145-79-63-105(17,18)133(43)106(19,20)64-79)126-92(120-86)146-80-65-107(21,22)134(44)108(23,24)66-80)52-54-142(76-57-99(5,6)130-100(7,8)58-76)88-123-95(149-83-71-113(33,34)137(47)114(35,36)72-83)128-96(124-88)150-84-73-115(37,38)138(48)116(39,40)74-84/h75-84,129-130H,49-74H2,1-48H3. The Labute approximate surface area is 906 Å². The molecule has 34 heteroatoms. The van der Waals surface area contributed by atoms with Crippen LogP contribution in [0.4, 0.5) is 23.8 Å². The molecule has 4 aromatic heterocycles. The van der Waals surface area contributed by atoms with Gasteiger partial charge >= 0.3 is 48.1 Å². The highest BCUT2D eigenvalue weighted by Gasteiger charge is 2.55. The molecule has 0 atom stereocenters. The zero-order chi connectivity index (χ0) is 112. The first-order valence-electron chi connectivity index (χ1n) is 57.1. The van der Waals surface area contributed by atoms with Crippen molar-refractivity contribution in [3.8, 4) is 48.1 Å². The topological polar surface area (TPSA) is 291 Å². The monoisotopic (exact) mass is 2090 g/mol. The number of anilines is 4. The summed E-state index contributed by atoms with van der Waals surface area (Å²) in [6, 6.07) is 1.34. The number of hydrogen-bond donors (Lipinski definition) is 2. The zero-order valence-corrected chi connectivity index (χ0v) is 103. The van der Waals surface area contributed by atoms with Crippen LogP contribution in [-0.4, -0.2) is 366 Å². The number of hydrogen-bond acceptors (Lipinski definition) is 34. The largest absolute Gasteiger partial charge is 0.460 e. The zero-order valence-electron chi connectivity index (χ0n) is 103. The van der Waals surface area contributed by atoms with Gasteiger partial charge in [-0.25, -0.2) is 0 Å². The third-order valence-electron chi connectivity index (χ3n) is 38.8. The number of piperidine rings is 10. The first kappa shape index (κ1) is 119. The van der Waals surface area contributed by atoms with Crippen molar-refractivity contribution in [1.82, 2.24) is 110 Å². The molecule has 0 aromatic carbocycles. The van der Waals surface area contributed by atoms with Crippen LogP contribution >= 0.6 is 0 Å². The van der Waals surface area contributed by atoms with Crippen molar-refractivity contribution < 1.29 is 37.9 Å². The fraction of sp³-hybridized carbons (Fsp3) is 0.897. The van der Waals surface area contributed by atoms with E-state index in [0.29, 0.717) is 101 Å². The Hall–Kier alpha value is -6.76. The highest BCUT2D eigenvalue weighted by atomic mass is 16.5. The summed E-state index contributed by atoms with van der Waals surface area (Å²) in [5.74, 6) is 1.64. The Bertz CT molecular complexity index is 4590. The van der Waals surface area contributed by atoms with Gasteiger partial charge in [-0.2, -0.15) is 39.9 Å². The average molecular weight is 2100 g/mol. The molecule has 10 aliphatic heterocycles. The third-order valence-corrected chi connectivity index (χ3v) is 38.8. The van der Waals surface area contributed by atoms with E-state index in [1.165, 1.54) is 0 Å². The number of nitrogens with zero attached hydrogens (tertiary/aromatic N) is 24. The Kier molecular flexibility index (Phi) is 32.4. The molecule has 150 heavy (non-hydrogen) atoms. The van der Waals surface area contributed by atoms with Gasteiger partial charge < -0.3 is 68.1 Å². The van der Waals surface area contributed by atoms with Gasteiger partial charge in [-0.05, 0) is 359 Å². The van der Waals surface area contributed by atoms with Crippen LogP contribution in [0.1, 0.15) is 405 Å². The predicted molar refractivity (Wildman–Crippen MR) is 604 cm³/mol. The Morgan fingerprint density at radius 1 is 0.180 bits per heavy atom. The van der Waals surface area contributed by atoms with Crippen LogP contribution in [0.15, 0.2) is 0 Å². The maximum atomic E-state index is 7.49. The van der Waals surface area contributed by atoms with Gasteiger partial charge in [0.25, 0.3) is 0 Å². The molecule has 10 fully saturated rings. The van der Waals surface area contributed by atoms with Gasteiger partial charge in [0.2, 0.25) is 23.8 Å². The molecule has 10 aliphatic rings. The van der Waals surface area contributed by atoms with E-state index in [1.807, 2.05) is 0 Å². The molecule has 2 N–H and O–H groups in total. The fourth-order valence-corrected chi connectivity index (χ4v) is 29.6. The van der Waals surface area contributed by atoms with Gasteiger partial charge in [-0.3, -0.25) is 39.2 Å². The lowest BCUT2D eigenvalue weighted by Crippen LogP contribution is -2.63. The first-order valence-corrected chi connectivity index (χ1v) is 57.1. The third kappa shape index (κ3) is 27.1. The summed E-state index contributed by atoms with van der Waals surface area (Å²) < 4.78 is 59.6. The van der Waals surface area contributed by atoms with Crippen LogP contribution in [0.2, 0.25) is 0 Å². The molecular formula is C116H208N26O8. The lowest BCUT2D eigenvalue weighted by molar-refractivity contribution is -0.0617. The average Bonchev–Trinajstić information content (AvgIpc) is 0.499. The van der Waals surface area contributed by atoms with Crippen molar-refractivity contribution in [3.63, 3.8) is 0 Å². The van der Waals surface area contributed by atoms with Crippen LogP contribution in [0.25, 0.3) is 0 Å². The second-order valence-electron chi connectivity index (χ2n) is 60.7. The molecule has 850 valence electrons. The molecule has 0 spiro atoms. The van der Waals surface area contributed by atoms with Crippen molar-refractivity contribution in [1.29, 1.82) is 0 Å². The molecule has 34 nitrogen and oxygen atoms in total. The van der Waals surface area contributed by atoms with Crippen molar-refractivity contribution in [2.45, 2.75) is 577 Å². The van der Waals surface area contributed by atoms with Crippen LogP contribution in [0.5, 0.6) is 48.1 Å². The van der Waals surface area contributed by atoms with E-state index in [1.54, 1.807) is 0 Å². The van der Waals surface area contributed by atoms with Crippen LogP contribution < -0.4 is 68.1 Å². The van der Waals surface area contributed by atoms with Crippen molar-refractivity contribution >= 4 is 23.8 Å². The summed E-state index contributed by atoms with van der Waals surface area (Å²) >= 11 is 0. The molecule has 10 saturated heterocycles. The maximum Gasteiger partial charge on any atom is 0.324 e. The smallest absolute Gasteiger partial charge is 0.324 e. The van der Waals surface area contributed by atoms with Gasteiger partial charge in [0.05, 0.1) is 0 Å². The maximum absolute atomic E-state index is 7.49. The van der Waals surface area contributed by atoms with Crippen LogP contribution in [0, 0.1) is 0 Å². The normalized spacial score (nSPS) is 27.2. The fourth-order valence-electron chi connectivity index (χ4n) is 29.6. The Balaban J connectivity index is 0.995. The second kappa shape index (κ2) is 40.9. The lowest BCUT2D eigenvalue weighted by Gasteiger charge is -2.53. The number of rotatable bonds is 31. The minimum Gasteiger partial charge on any atom is -0.460 e. The van der Waals surface area contributed by atoms with E-state index in [0.717, 1.165) is 77.0 Å². The van der Waals surface area contributed by atoms with Crippen LogP contribution in [-0.2, 0) is 0 Å². The summed E-state index contributed by atoms with van der Waals surface area (Å²) in [5, 5.41) is 8.16. The second-order valence-corrected chi connectivity index (χ2v) is 60.7. The lowest BCUT2D eigenvalue weighted by atomic mass is 9.79. The van der Waals surface area contributed by atoms with Crippen molar-refractivity contribution in [2.75, 3.05) is 115 Å².